The maximum absolute atomic E-state index is 5.35. The van der Waals surface area contributed by atoms with Crippen molar-refractivity contribution < 1.29 is 19.5 Å². The Bertz CT molecular complexity index is 150. The van der Waals surface area contributed by atoms with E-state index in [-0.39, 0.29) is 19.5 Å². The van der Waals surface area contributed by atoms with Gasteiger partial charge in [0.2, 0.25) is 0 Å². The van der Waals surface area contributed by atoms with Crippen molar-refractivity contribution in [2.24, 2.45) is 5.73 Å². The summed E-state index contributed by atoms with van der Waals surface area (Å²) in [6.45, 7) is 0.640. The van der Waals surface area contributed by atoms with Gasteiger partial charge in [0.15, 0.2) is 0 Å². The first-order chi connectivity index (χ1) is 3.93. The fraction of sp³-hybridized carbons (Fsp3) is 0.143. The molecular weight excluding hydrogens is 163 g/mol. The molecule has 0 aliphatic heterocycles. The van der Waals surface area contributed by atoms with E-state index >= 15 is 0 Å². The van der Waals surface area contributed by atoms with Gasteiger partial charge in [-0.15, -0.1) is 0 Å². The Kier molecular flexibility index (Phi) is 4.56. The molecule has 9 heavy (non-hydrogen) atoms. The third-order valence-corrected chi connectivity index (χ3v) is 1.08. The van der Waals surface area contributed by atoms with E-state index < -0.39 is 0 Å². The molecule has 44 valence electrons. The van der Waals surface area contributed by atoms with Crippen LogP contribution < -0.4 is 5.73 Å². The Morgan fingerprint density at radius 1 is 1.11 bits per heavy atom. The maximum atomic E-state index is 5.35. The third-order valence-electron chi connectivity index (χ3n) is 1.08. The van der Waals surface area contributed by atoms with Gasteiger partial charge in [0, 0.05) is 26.0 Å². The zero-order valence-corrected chi connectivity index (χ0v) is 8.35. The zero-order valence-electron chi connectivity index (χ0n) is 5.38. The van der Waals surface area contributed by atoms with E-state index in [2.05, 4.69) is 0 Å². The summed E-state index contributed by atoms with van der Waals surface area (Å²) >= 11 is 0. The normalized spacial score (nSPS) is 8.11. The topological polar surface area (TPSA) is 26.0 Å². The van der Waals surface area contributed by atoms with Crippen molar-refractivity contribution in [2.45, 2.75) is 6.54 Å². The molecule has 0 aliphatic rings. The summed E-state index contributed by atoms with van der Waals surface area (Å²) in [4.78, 5) is 0. The Balaban J connectivity index is 0.000000640. The van der Waals surface area contributed by atoms with Crippen LogP contribution >= 0.6 is 0 Å². The molecule has 0 heterocycles. The minimum absolute atomic E-state index is 0. The average molecular weight is 173 g/mol. The predicted octanol–water partition coefficient (Wildman–Crippen LogP) is 1.14. The molecule has 0 saturated heterocycles. The van der Waals surface area contributed by atoms with E-state index in [9.17, 15) is 0 Å². The van der Waals surface area contributed by atoms with Crippen molar-refractivity contribution in [2.75, 3.05) is 0 Å². The second-order valence-electron chi connectivity index (χ2n) is 1.69. The van der Waals surface area contributed by atoms with Crippen LogP contribution in [0.15, 0.2) is 30.3 Å². The minimum Gasteiger partial charge on any atom is -0.326 e. The molecular formula is C7H9NZn. The third kappa shape index (κ3) is 2.73. The Morgan fingerprint density at radius 2 is 1.67 bits per heavy atom. The second kappa shape index (κ2) is 4.66. The number of nitrogens with two attached hydrogens (primary N) is 1. The first-order valence-corrected chi connectivity index (χ1v) is 2.67. The fourth-order valence-electron chi connectivity index (χ4n) is 0.614. The van der Waals surface area contributed by atoms with Crippen LogP contribution in [0.4, 0.5) is 0 Å². The van der Waals surface area contributed by atoms with Crippen LogP contribution in [0.3, 0.4) is 0 Å². The number of rotatable bonds is 1. The van der Waals surface area contributed by atoms with Gasteiger partial charge >= 0.3 is 0 Å². The van der Waals surface area contributed by atoms with Gasteiger partial charge in [0.25, 0.3) is 0 Å². The number of benzene rings is 1. The van der Waals surface area contributed by atoms with Crippen LogP contribution in [0, 0.1) is 0 Å². The zero-order chi connectivity index (χ0) is 5.82. The molecule has 1 aromatic rings. The van der Waals surface area contributed by atoms with Crippen LogP contribution in [0.1, 0.15) is 5.56 Å². The van der Waals surface area contributed by atoms with Gasteiger partial charge in [-0.3, -0.25) is 0 Å². The molecule has 1 aromatic carbocycles. The predicted molar refractivity (Wildman–Crippen MR) is 34.3 cm³/mol. The fourth-order valence-corrected chi connectivity index (χ4v) is 0.614. The van der Waals surface area contributed by atoms with E-state index in [1.807, 2.05) is 30.3 Å². The average Bonchev–Trinajstić information content (AvgIpc) is 1.90. The van der Waals surface area contributed by atoms with Crippen LogP contribution in [-0.4, -0.2) is 0 Å². The summed E-state index contributed by atoms with van der Waals surface area (Å²) in [5.74, 6) is 0. The first kappa shape index (κ1) is 8.80. The maximum Gasteiger partial charge on any atom is 0.0178 e. The summed E-state index contributed by atoms with van der Waals surface area (Å²) in [7, 11) is 0. The van der Waals surface area contributed by atoms with Gasteiger partial charge in [0.1, 0.15) is 0 Å². The summed E-state index contributed by atoms with van der Waals surface area (Å²) in [5, 5.41) is 0. The minimum atomic E-state index is 0. The summed E-state index contributed by atoms with van der Waals surface area (Å²) in [6.07, 6.45) is 0. The van der Waals surface area contributed by atoms with Crippen LogP contribution in [0.2, 0.25) is 0 Å². The van der Waals surface area contributed by atoms with Crippen LogP contribution in [0.25, 0.3) is 0 Å². The Hall–Kier alpha value is -0.197. The molecule has 0 unspecified atom stereocenters. The van der Waals surface area contributed by atoms with Crippen molar-refractivity contribution >= 4 is 0 Å². The molecule has 0 radical (unpaired) electrons. The first-order valence-electron chi connectivity index (χ1n) is 2.67. The van der Waals surface area contributed by atoms with Crippen LogP contribution in [0.5, 0.6) is 0 Å². The monoisotopic (exact) mass is 171 g/mol. The molecule has 1 rings (SSSR count). The largest absolute Gasteiger partial charge is 0.326 e. The molecule has 0 amide bonds. The van der Waals surface area contributed by atoms with Crippen LogP contribution in [-0.2, 0) is 26.0 Å². The van der Waals surface area contributed by atoms with Gasteiger partial charge < -0.3 is 5.73 Å². The molecule has 0 fully saturated rings. The molecule has 0 aliphatic carbocycles. The van der Waals surface area contributed by atoms with Gasteiger partial charge in [-0.2, -0.15) is 0 Å². The molecule has 2 heteroatoms. The van der Waals surface area contributed by atoms with Gasteiger partial charge in [-0.1, -0.05) is 30.3 Å². The van der Waals surface area contributed by atoms with Crippen molar-refractivity contribution in [3.8, 4) is 0 Å². The van der Waals surface area contributed by atoms with E-state index in [0.29, 0.717) is 6.54 Å². The van der Waals surface area contributed by atoms with Gasteiger partial charge in [-0.05, 0) is 5.56 Å². The molecule has 0 aromatic heterocycles. The smallest absolute Gasteiger partial charge is 0.0178 e. The molecule has 1 nitrogen and oxygen atoms in total. The molecule has 0 atom stereocenters. The Morgan fingerprint density at radius 3 is 2.00 bits per heavy atom. The second-order valence-corrected chi connectivity index (χ2v) is 1.69. The molecule has 0 spiro atoms. The number of hydrogen-bond acceptors (Lipinski definition) is 1. The summed E-state index contributed by atoms with van der Waals surface area (Å²) < 4.78 is 0. The standard InChI is InChI=1S/C7H9N.Zn/c8-6-7-4-2-1-3-5-7;/h1-5H,6,8H2;. The van der Waals surface area contributed by atoms with E-state index in [1.54, 1.807) is 0 Å². The van der Waals surface area contributed by atoms with E-state index in [0.717, 1.165) is 0 Å². The molecule has 0 saturated carbocycles. The van der Waals surface area contributed by atoms with Crippen molar-refractivity contribution in [1.29, 1.82) is 0 Å². The number of hydrogen-bond donors (Lipinski definition) is 1. The van der Waals surface area contributed by atoms with Crippen molar-refractivity contribution in [3.63, 3.8) is 0 Å². The van der Waals surface area contributed by atoms with E-state index in [4.69, 9.17) is 5.73 Å². The molecule has 0 bridgehead atoms. The molecule has 2 N–H and O–H groups in total. The van der Waals surface area contributed by atoms with E-state index in [1.165, 1.54) is 5.56 Å². The van der Waals surface area contributed by atoms with Crippen molar-refractivity contribution in [1.82, 2.24) is 0 Å². The van der Waals surface area contributed by atoms with Crippen molar-refractivity contribution in [3.05, 3.63) is 35.9 Å². The Labute approximate surface area is 68.0 Å². The van der Waals surface area contributed by atoms with Gasteiger partial charge in [-0.25, -0.2) is 0 Å². The quantitative estimate of drug-likeness (QED) is 0.632. The van der Waals surface area contributed by atoms with Gasteiger partial charge in [0.05, 0.1) is 0 Å². The summed E-state index contributed by atoms with van der Waals surface area (Å²) in [5.41, 5.74) is 6.54. The summed E-state index contributed by atoms with van der Waals surface area (Å²) in [6, 6.07) is 9.99. The SMILES string of the molecule is NCc1ccccc1.[Zn].